The Morgan fingerprint density at radius 1 is 1.29 bits per heavy atom. The lowest BCUT2D eigenvalue weighted by molar-refractivity contribution is -0.579. The molecule has 1 aromatic heterocycles. The van der Waals surface area contributed by atoms with Gasteiger partial charge >= 0.3 is 0 Å². The molecule has 2 aromatic rings. The van der Waals surface area contributed by atoms with E-state index in [1.54, 1.807) is 0 Å². The molecule has 0 aliphatic rings. The first-order valence-electron chi connectivity index (χ1n) is 3.79. The van der Waals surface area contributed by atoms with Crippen molar-refractivity contribution < 1.29 is 9.94 Å². The molecule has 0 atom stereocenters. The van der Waals surface area contributed by atoms with Crippen molar-refractivity contribution in [2.75, 3.05) is 17.2 Å². The van der Waals surface area contributed by atoms with E-state index in [-0.39, 0.29) is 28.1 Å². The van der Waals surface area contributed by atoms with Gasteiger partial charge in [-0.1, -0.05) is 0 Å². The molecule has 0 aliphatic heterocycles. The van der Waals surface area contributed by atoms with Gasteiger partial charge in [0.1, 0.15) is 5.69 Å². The Morgan fingerprint density at radius 2 is 1.93 bits per heavy atom. The van der Waals surface area contributed by atoms with Gasteiger partial charge in [0, 0.05) is 6.07 Å². The van der Waals surface area contributed by atoms with Crippen molar-refractivity contribution in [2.24, 2.45) is 0 Å². The first-order chi connectivity index (χ1) is 6.52. The quantitative estimate of drug-likeness (QED) is 0.190. The summed E-state index contributed by atoms with van der Waals surface area (Å²) in [5.74, 6) is 0. The van der Waals surface area contributed by atoms with E-state index >= 15 is 0 Å². The standard InChI is InChI=1S/C7H9N5O2/c8-3-1-4-7(6(10)5(3)9)12(14)2-11(4)13/h1-2,14H,8-10H2. The lowest BCUT2D eigenvalue weighted by Gasteiger charge is -2.03. The molecule has 0 aliphatic carbocycles. The SMILES string of the molecule is Nc1cc2c(c(N)c1N)n(O)c[n+]2[O-]. The zero-order chi connectivity index (χ0) is 10.5. The van der Waals surface area contributed by atoms with Crippen molar-refractivity contribution in [1.29, 1.82) is 0 Å². The molecule has 74 valence electrons. The summed E-state index contributed by atoms with van der Waals surface area (Å²) in [6.07, 6.45) is 0.930. The summed E-state index contributed by atoms with van der Waals surface area (Å²) >= 11 is 0. The van der Waals surface area contributed by atoms with Gasteiger partial charge in [0.2, 0.25) is 5.52 Å². The van der Waals surface area contributed by atoms with Crippen LogP contribution in [0.2, 0.25) is 0 Å². The van der Waals surface area contributed by atoms with Gasteiger partial charge in [0.05, 0.1) is 11.4 Å². The van der Waals surface area contributed by atoms with E-state index in [0.29, 0.717) is 9.46 Å². The van der Waals surface area contributed by atoms with Crippen LogP contribution in [0.5, 0.6) is 0 Å². The molecule has 0 bridgehead atoms. The maximum Gasteiger partial charge on any atom is 0.288 e. The normalized spacial score (nSPS) is 10.9. The van der Waals surface area contributed by atoms with E-state index in [1.165, 1.54) is 6.07 Å². The third-order valence-corrected chi connectivity index (χ3v) is 2.07. The smallest absolute Gasteiger partial charge is 0.288 e. The highest BCUT2D eigenvalue weighted by molar-refractivity contribution is 5.98. The molecule has 14 heavy (non-hydrogen) atoms. The topological polar surface area (TPSA) is 130 Å². The Hall–Kier alpha value is -2.31. The maximum absolute atomic E-state index is 11.2. The van der Waals surface area contributed by atoms with Gasteiger partial charge < -0.3 is 27.6 Å². The van der Waals surface area contributed by atoms with E-state index < -0.39 is 0 Å². The van der Waals surface area contributed by atoms with Gasteiger partial charge in [-0.2, -0.15) is 0 Å². The van der Waals surface area contributed by atoms with E-state index in [4.69, 9.17) is 17.2 Å². The van der Waals surface area contributed by atoms with Crippen LogP contribution in [-0.2, 0) is 0 Å². The number of hydrogen-bond donors (Lipinski definition) is 4. The minimum atomic E-state index is 0.0945. The van der Waals surface area contributed by atoms with Crippen LogP contribution in [0.4, 0.5) is 17.1 Å². The summed E-state index contributed by atoms with van der Waals surface area (Å²) in [7, 11) is 0. The number of fused-ring (bicyclic) bond motifs is 1. The zero-order valence-electron chi connectivity index (χ0n) is 7.14. The van der Waals surface area contributed by atoms with Crippen molar-refractivity contribution >= 4 is 28.1 Å². The van der Waals surface area contributed by atoms with Gasteiger partial charge in [0.25, 0.3) is 6.33 Å². The lowest BCUT2D eigenvalue weighted by Crippen LogP contribution is -2.23. The monoisotopic (exact) mass is 195 g/mol. The molecule has 1 heterocycles. The number of nitrogen functional groups attached to an aromatic ring is 3. The van der Waals surface area contributed by atoms with Crippen LogP contribution >= 0.6 is 0 Å². The highest BCUT2D eigenvalue weighted by atomic mass is 16.5. The van der Waals surface area contributed by atoms with Crippen LogP contribution in [0.15, 0.2) is 12.4 Å². The average molecular weight is 195 g/mol. The number of aromatic nitrogens is 2. The Balaban J connectivity index is 3.01. The predicted octanol–water partition coefficient (Wildman–Crippen LogP) is -0.741. The van der Waals surface area contributed by atoms with E-state index in [1.807, 2.05) is 0 Å². The number of rotatable bonds is 0. The van der Waals surface area contributed by atoms with Gasteiger partial charge in [-0.15, -0.1) is 0 Å². The van der Waals surface area contributed by atoms with Crippen molar-refractivity contribution in [1.82, 2.24) is 4.73 Å². The Kier molecular flexibility index (Phi) is 1.39. The molecule has 2 rings (SSSR count). The first-order valence-corrected chi connectivity index (χ1v) is 3.79. The van der Waals surface area contributed by atoms with Crippen LogP contribution in [0.1, 0.15) is 0 Å². The summed E-state index contributed by atoms with van der Waals surface area (Å²) in [6.45, 7) is 0. The Bertz CT molecular complexity index is 519. The van der Waals surface area contributed by atoms with Crippen LogP contribution in [0, 0.1) is 5.21 Å². The number of hydrogen-bond acceptors (Lipinski definition) is 5. The number of benzene rings is 1. The molecule has 0 unspecified atom stereocenters. The van der Waals surface area contributed by atoms with Gasteiger partial charge in [-0.05, 0) is 4.73 Å². The molecule has 0 saturated heterocycles. The molecular weight excluding hydrogens is 186 g/mol. The second-order valence-corrected chi connectivity index (χ2v) is 2.95. The molecule has 7 heteroatoms. The molecule has 7 N–H and O–H groups in total. The number of nitrogens with zero attached hydrogens (tertiary/aromatic N) is 2. The minimum Gasteiger partial charge on any atom is -0.710 e. The van der Waals surface area contributed by atoms with Crippen LogP contribution in [0.3, 0.4) is 0 Å². The Morgan fingerprint density at radius 3 is 2.57 bits per heavy atom. The summed E-state index contributed by atoms with van der Waals surface area (Å²) < 4.78 is 1.08. The third-order valence-electron chi connectivity index (χ3n) is 2.07. The summed E-state index contributed by atoms with van der Waals surface area (Å²) in [4.78, 5) is 0. The van der Waals surface area contributed by atoms with Crippen molar-refractivity contribution in [3.8, 4) is 0 Å². The van der Waals surface area contributed by atoms with E-state index in [0.717, 1.165) is 6.33 Å². The average Bonchev–Trinajstić information content (AvgIpc) is 2.38. The van der Waals surface area contributed by atoms with Gasteiger partial charge in [-0.25, -0.2) is 4.73 Å². The number of imidazole rings is 1. The number of nitrogens with two attached hydrogens (primary N) is 3. The van der Waals surface area contributed by atoms with Crippen LogP contribution in [0.25, 0.3) is 11.0 Å². The summed E-state index contributed by atoms with van der Waals surface area (Å²) in [5.41, 5.74) is 17.5. The van der Waals surface area contributed by atoms with E-state index in [9.17, 15) is 10.4 Å². The largest absolute Gasteiger partial charge is 0.710 e. The second-order valence-electron chi connectivity index (χ2n) is 2.95. The molecule has 1 aromatic carbocycles. The van der Waals surface area contributed by atoms with Gasteiger partial charge in [0.15, 0.2) is 5.52 Å². The highest BCUT2D eigenvalue weighted by Gasteiger charge is 2.18. The predicted molar refractivity (Wildman–Crippen MR) is 51.3 cm³/mol. The van der Waals surface area contributed by atoms with Crippen LogP contribution < -0.4 is 21.9 Å². The summed E-state index contributed by atoms with van der Waals surface area (Å²) in [5, 5.41) is 20.5. The molecule has 0 radical (unpaired) electrons. The molecular formula is C7H9N5O2. The highest BCUT2D eigenvalue weighted by Crippen LogP contribution is 2.29. The molecule has 0 spiro atoms. The lowest BCUT2D eigenvalue weighted by atomic mass is 10.2. The minimum absolute atomic E-state index is 0.0945. The molecule has 0 saturated carbocycles. The number of anilines is 3. The van der Waals surface area contributed by atoms with Crippen molar-refractivity contribution in [3.63, 3.8) is 0 Å². The molecule has 7 nitrogen and oxygen atoms in total. The zero-order valence-corrected chi connectivity index (χ0v) is 7.14. The molecule has 0 amide bonds. The van der Waals surface area contributed by atoms with Crippen molar-refractivity contribution in [2.45, 2.75) is 0 Å². The fraction of sp³-hybridized carbons (Fsp3) is 0. The van der Waals surface area contributed by atoms with Crippen LogP contribution in [-0.4, -0.2) is 9.94 Å². The van der Waals surface area contributed by atoms with Crippen molar-refractivity contribution in [3.05, 3.63) is 17.6 Å². The third kappa shape index (κ3) is 0.830. The van der Waals surface area contributed by atoms with E-state index in [2.05, 4.69) is 0 Å². The molecule has 0 fully saturated rings. The maximum atomic E-state index is 11.2. The first kappa shape index (κ1) is 8.30. The Labute approximate surface area is 78.5 Å². The summed E-state index contributed by atoms with van der Waals surface area (Å²) in [6, 6.07) is 1.36. The fourth-order valence-electron chi connectivity index (χ4n) is 1.34. The fourth-order valence-corrected chi connectivity index (χ4v) is 1.34. The second kappa shape index (κ2) is 2.34. The van der Waals surface area contributed by atoms with Gasteiger partial charge in [-0.3, -0.25) is 0 Å².